The maximum atomic E-state index is 11.0. The molecule has 0 bridgehead atoms. The van der Waals surface area contributed by atoms with Gasteiger partial charge in [-0.3, -0.25) is 0 Å². The highest BCUT2D eigenvalue weighted by molar-refractivity contribution is 5.30. The highest BCUT2D eigenvalue weighted by atomic mass is 16.3. The van der Waals surface area contributed by atoms with Crippen LogP contribution in [-0.2, 0) is 12.1 Å². The van der Waals surface area contributed by atoms with Gasteiger partial charge in [0, 0.05) is 6.54 Å². The van der Waals surface area contributed by atoms with Gasteiger partial charge in [-0.2, -0.15) is 0 Å². The van der Waals surface area contributed by atoms with Gasteiger partial charge in [0.1, 0.15) is 5.60 Å². The molecule has 4 heteroatoms. The normalized spacial score (nSPS) is 14.4. The number of nitrogens with zero attached hydrogens (tertiary/aromatic N) is 3. The maximum absolute atomic E-state index is 11.0. The Morgan fingerprint density at radius 1 is 1.22 bits per heavy atom. The second-order valence-corrected chi connectivity index (χ2v) is 4.42. The van der Waals surface area contributed by atoms with Gasteiger partial charge in [0.15, 0.2) is 0 Å². The van der Waals surface area contributed by atoms with E-state index in [1.165, 1.54) is 0 Å². The lowest BCUT2D eigenvalue weighted by Crippen LogP contribution is -2.29. The molecule has 0 aliphatic rings. The molecule has 0 radical (unpaired) electrons. The fourth-order valence-corrected chi connectivity index (χ4v) is 2.20. The highest BCUT2D eigenvalue weighted by Gasteiger charge is 2.33. The zero-order valence-corrected chi connectivity index (χ0v) is 10.9. The SMILES string of the molecule is CCCn1nncc1C(O)(CC)c1ccccc1. The van der Waals surface area contributed by atoms with Crippen molar-refractivity contribution in [3.05, 3.63) is 47.8 Å². The Kier molecular flexibility index (Phi) is 3.77. The first-order chi connectivity index (χ1) is 8.72. The van der Waals surface area contributed by atoms with Gasteiger partial charge in [0.05, 0.1) is 11.9 Å². The van der Waals surface area contributed by atoms with E-state index in [0.717, 1.165) is 24.2 Å². The number of benzene rings is 1. The molecule has 1 unspecified atom stereocenters. The van der Waals surface area contributed by atoms with Crippen molar-refractivity contribution < 1.29 is 5.11 Å². The summed E-state index contributed by atoms with van der Waals surface area (Å²) in [4.78, 5) is 0. The third-order valence-electron chi connectivity index (χ3n) is 3.24. The van der Waals surface area contributed by atoms with Gasteiger partial charge in [-0.15, -0.1) is 5.10 Å². The van der Waals surface area contributed by atoms with Crippen molar-refractivity contribution in [2.75, 3.05) is 0 Å². The van der Waals surface area contributed by atoms with Gasteiger partial charge in [-0.05, 0) is 18.4 Å². The van der Waals surface area contributed by atoms with Crippen LogP contribution in [0.2, 0.25) is 0 Å². The third kappa shape index (κ3) is 2.16. The lowest BCUT2D eigenvalue weighted by molar-refractivity contribution is 0.0664. The van der Waals surface area contributed by atoms with Crippen LogP contribution in [0.1, 0.15) is 37.9 Å². The van der Waals surface area contributed by atoms with Gasteiger partial charge in [-0.1, -0.05) is 49.4 Å². The lowest BCUT2D eigenvalue weighted by Gasteiger charge is -2.27. The van der Waals surface area contributed by atoms with Crippen molar-refractivity contribution in [2.24, 2.45) is 0 Å². The Bertz CT molecular complexity index is 495. The smallest absolute Gasteiger partial charge is 0.132 e. The van der Waals surface area contributed by atoms with Gasteiger partial charge in [0.2, 0.25) is 0 Å². The van der Waals surface area contributed by atoms with Crippen molar-refractivity contribution in [3.8, 4) is 0 Å². The van der Waals surface area contributed by atoms with E-state index in [-0.39, 0.29) is 0 Å². The molecule has 1 atom stereocenters. The topological polar surface area (TPSA) is 50.9 Å². The van der Waals surface area contributed by atoms with E-state index in [9.17, 15) is 5.11 Å². The average molecular weight is 245 g/mol. The molecule has 2 rings (SSSR count). The summed E-state index contributed by atoms with van der Waals surface area (Å²) >= 11 is 0. The summed E-state index contributed by atoms with van der Waals surface area (Å²) in [7, 11) is 0. The minimum absolute atomic E-state index is 0.591. The quantitative estimate of drug-likeness (QED) is 0.879. The molecule has 2 aromatic rings. The number of hydrogen-bond acceptors (Lipinski definition) is 3. The molecule has 0 saturated carbocycles. The van der Waals surface area contributed by atoms with Gasteiger partial charge in [-0.25, -0.2) is 4.68 Å². The molecule has 1 aromatic carbocycles. The fraction of sp³-hybridized carbons (Fsp3) is 0.429. The van der Waals surface area contributed by atoms with E-state index < -0.39 is 5.60 Å². The zero-order valence-electron chi connectivity index (χ0n) is 10.9. The summed E-state index contributed by atoms with van der Waals surface area (Å²) in [5.41, 5.74) is 0.630. The second-order valence-electron chi connectivity index (χ2n) is 4.42. The summed E-state index contributed by atoms with van der Waals surface area (Å²) in [6, 6.07) is 9.69. The number of aliphatic hydroxyl groups is 1. The predicted octanol–water partition coefficient (Wildman–Crippen LogP) is 2.33. The minimum atomic E-state index is -1.01. The molecule has 4 nitrogen and oxygen atoms in total. The Balaban J connectivity index is 2.46. The van der Waals surface area contributed by atoms with Crippen LogP contribution in [0.5, 0.6) is 0 Å². The first-order valence-electron chi connectivity index (χ1n) is 6.39. The summed E-state index contributed by atoms with van der Waals surface area (Å²) in [5, 5.41) is 18.9. The molecule has 0 saturated heterocycles. The average Bonchev–Trinajstić information content (AvgIpc) is 2.88. The van der Waals surface area contributed by atoms with Crippen molar-refractivity contribution in [2.45, 2.75) is 38.8 Å². The monoisotopic (exact) mass is 245 g/mol. The fourth-order valence-electron chi connectivity index (χ4n) is 2.20. The van der Waals surface area contributed by atoms with Crippen LogP contribution in [0.3, 0.4) is 0 Å². The number of aromatic nitrogens is 3. The van der Waals surface area contributed by atoms with Crippen molar-refractivity contribution in [1.82, 2.24) is 15.0 Å². The first kappa shape index (κ1) is 12.8. The van der Waals surface area contributed by atoms with E-state index in [0.29, 0.717) is 6.42 Å². The summed E-state index contributed by atoms with van der Waals surface area (Å²) in [6.45, 7) is 4.82. The van der Waals surface area contributed by atoms with Crippen molar-refractivity contribution >= 4 is 0 Å². The molecule has 1 heterocycles. The predicted molar refractivity (Wildman–Crippen MR) is 70.0 cm³/mol. The van der Waals surface area contributed by atoms with E-state index in [1.54, 1.807) is 10.9 Å². The molecule has 0 aliphatic carbocycles. The largest absolute Gasteiger partial charge is 0.379 e. The summed E-state index contributed by atoms with van der Waals surface area (Å²) < 4.78 is 1.79. The molecule has 1 N–H and O–H groups in total. The molecule has 0 aliphatic heterocycles. The van der Waals surface area contributed by atoms with Gasteiger partial charge >= 0.3 is 0 Å². The van der Waals surface area contributed by atoms with E-state index in [1.807, 2.05) is 37.3 Å². The number of aryl methyl sites for hydroxylation is 1. The molecular formula is C14H19N3O. The van der Waals surface area contributed by atoms with Crippen molar-refractivity contribution in [1.29, 1.82) is 0 Å². The van der Waals surface area contributed by atoms with Crippen LogP contribution >= 0.6 is 0 Å². The Labute approximate surface area is 107 Å². The van der Waals surface area contributed by atoms with Crippen LogP contribution in [0, 0.1) is 0 Å². The number of rotatable bonds is 5. The van der Waals surface area contributed by atoms with E-state index >= 15 is 0 Å². The summed E-state index contributed by atoms with van der Waals surface area (Å²) in [5.74, 6) is 0. The maximum Gasteiger partial charge on any atom is 0.132 e. The van der Waals surface area contributed by atoms with E-state index in [2.05, 4.69) is 17.2 Å². The molecule has 1 aromatic heterocycles. The lowest BCUT2D eigenvalue weighted by atomic mass is 9.88. The molecular weight excluding hydrogens is 226 g/mol. The van der Waals surface area contributed by atoms with Crippen LogP contribution in [0.15, 0.2) is 36.5 Å². The zero-order chi connectivity index (χ0) is 13.0. The number of hydrogen-bond donors (Lipinski definition) is 1. The van der Waals surface area contributed by atoms with Crippen LogP contribution in [0.4, 0.5) is 0 Å². The second kappa shape index (κ2) is 5.31. The third-order valence-corrected chi connectivity index (χ3v) is 3.24. The first-order valence-corrected chi connectivity index (χ1v) is 6.39. The molecule has 96 valence electrons. The minimum Gasteiger partial charge on any atom is -0.379 e. The molecule has 0 amide bonds. The van der Waals surface area contributed by atoms with E-state index in [4.69, 9.17) is 0 Å². The summed E-state index contributed by atoms with van der Waals surface area (Å²) in [6.07, 6.45) is 3.21. The molecule has 0 spiro atoms. The van der Waals surface area contributed by atoms with Gasteiger partial charge < -0.3 is 5.11 Å². The Morgan fingerprint density at radius 2 is 1.94 bits per heavy atom. The Hall–Kier alpha value is -1.68. The molecule has 18 heavy (non-hydrogen) atoms. The standard InChI is InChI=1S/C14H19N3O/c1-3-10-17-13(11-15-16-17)14(18,4-2)12-8-6-5-7-9-12/h5-9,11,18H,3-4,10H2,1-2H3. The highest BCUT2D eigenvalue weighted by Crippen LogP contribution is 2.32. The van der Waals surface area contributed by atoms with Crippen LogP contribution < -0.4 is 0 Å². The van der Waals surface area contributed by atoms with Crippen molar-refractivity contribution in [3.63, 3.8) is 0 Å². The molecule has 0 fully saturated rings. The van der Waals surface area contributed by atoms with Crippen LogP contribution in [-0.4, -0.2) is 20.1 Å². The van der Waals surface area contributed by atoms with Gasteiger partial charge in [0.25, 0.3) is 0 Å². The van der Waals surface area contributed by atoms with Crippen LogP contribution in [0.25, 0.3) is 0 Å². The Morgan fingerprint density at radius 3 is 2.56 bits per heavy atom.